The second kappa shape index (κ2) is 6.34. The standard InChI is InChI=1S/C15H19N3O2S2/c1-2-10-8-11-13(22-10)16-15(21)18(14(11)20)9-12(19)17-6-4-3-5-7-17/h8H,2-7,9H2,1H3,(H,16,21). The highest BCUT2D eigenvalue weighted by Crippen LogP contribution is 2.21. The van der Waals surface area contributed by atoms with E-state index in [9.17, 15) is 9.59 Å². The summed E-state index contributed by atoms with van der Waals surface area (Å²) in [5, 5.41) is 0.627. The van der Waals surface area contributed by atoms with Gasteiger partial charge >= 0.3 is 0 Å². The van der Waals surface area contributed by atoms with Crippen molar-refractivity contribution in [3.8, 4) is 0 Å². The third-order valence-corrected chi connectivity index (χ3v) is 5.59. The van der Waals surface area contributed by atoms with Gasteiger partial charge in [-0.1, -0.05) is 6.92 Å². The first-order valence-corrected chi connectivity index (χ1v) is 8.86. The fourth-order valence-corrected chi connectivity index (χ4v) is 4.09. The molecule has 1 saturated heterocycles. The molecule has 5 nitrogen and oxygen atoms in total. The van der Waals surface area contributed by atoms with Crippen LogP contribution in [0.4, 0.5) is 0 Å². The van der Waals surface area contributed by atoms with Gasteiger partial charge in [0.15, 0.2) is 4.77 Å². The molecule has 0 spiro atoms. The van der Waals surface area contributed by atoms with E-state index >= 15 is 0 Å². The number of fused-ring (bicyclic) bond motifs is 1. The second-order valence-corrected chi connectivity index (χ2v) is 7.10. The van der Waals surface area contributed by atoms with Gasteiger partial charge in [-0.25, -0.2) is 0 Å². The number of nitrogens with one attached hydrogen (secondary N) is 1. The van der Waals surface area contributed by atoms with Crippen LogP contribution in [-0.2, 0) is 17.8 Å². The maximum atomic E-state index is 12.6. The first-order valence-electron chi connectivity index (χ1n) is 7.63. The van der Waals surface area contributed by atoms with Crippen molar-refractivity contribution in [1.82, 2.24) is 14.5 Å². The van der Waals surface area contributed by atoms with Gasteiger partial charge in [-0.3, -0.25) is 14.2 Å². The van der Waals surface area contributed by atoms with Gasteiger partial charge in [0.2, 0.25) is 5.91 Å². The lowest BCUT2D eigenvalue weighted by Gasteiger charge is -2.26. The Morgan fingerprint density at radius 2 is 2.09 bits per heavy atom. The Bertz CT molecular complexity index is 812. The number of hydrogen-bond donors (Lipinski definition) is 1. The predicted molar refractivity (Wildman–Crippen MR) is 91.1 cm³/mol. The van der Waals surface area contributed by atoms with Crippen molar-refractivity contribution in [2.24, 2.45) is 0 Å². The van der Waals surface area contributed by atoms with E-state index in [2.05, 4.69) is 11.9 Å². The minimum absolute atomic E-state index is 0.0217. The van der Waals surface area contributed by atoms with E-state index in [1.54, 1.807) is 11.3 Å². The van der Waals surface area contributed by atoms with E-state index in [1.165, 1.54) is 11.0 Å². The summed E-state index contributed by atoms with van der Waals surface area (Å²) in [6.07, 6.45) is 4.13. The molecule has 1 fully saturated rings. The normalized spacial score (nSPS) is 15.4. The number of hydrogen-bond acceptors (Lipinski definition) is 4. The molecule has 0 saturated carbocycles. The van der Waals surface area contributed by atoms with Crippen molar-refractivity contribution in [2.75, 3.05) is 13.1 Å². The molecule has 0 atom stereocenters. The number of carbonyl (C=O) groups excluding carboxylic acids is 1. The zero-order valence-electron chi connectivity index (χ0n) is 12.6. The van der Waals surface area contributed by atoms with E-state index in [0.717, 1.165) is 42.1 Å². The minimum Gasteiger partial charge on any atom is -0.341 e. The molecule has 3 rings (SSSR count). The average molecular weight is 337 g/mol. The fraction of sp³-hybridized carbons (Fsp3) is 0.533. The molecule has 1 amide bonds. The molecule has 3 heterocycles. The van der Waals surface area contributed by atoms with Crippen LogP contribution in [0, 0.1) is 4.77 Å². The van der Waals surface area contributed by atoms with Crippen LogP contribution in [0.15, 0.2) is 10.9 Å². The van der Waals surface area contributed by atoms with E-state index in [-0.39, 0.29) is 18.0 Å². The minimum atomic E-state index is -0.167. The van der Waals surface area contributed by atoms with Gasteiger partial charge in [-0.15, -0.1) is 11.3 Å². The smallest absolute Gasteiger partial charge is 0.263 e. The van der Waals surface area contributed by atoms with Gasteiger partial charge in [0, 0.05) is 18.0 Å². The number of amides is 1. The number of aromatic nitrogens is 2. The van der Waals surface area contributed by atoms with Crippen molar-refractivity contribution in [2.45, 2.75) is 39.2 Å². The van der Waals surface area contributed by atoms with Gasteiger partial charge in [-0.05, 0) is 44.0 Å². The molecule has 2 aromatic heterocycles. The second-order valence-electron chi connectivity index (χ2n) is 5.57. The number of likely N-dealkylation sites (tertiary alicyclic amines) is 1. The molecule has 7 heteroatoms. The molecule has 118 valence electrons. The topological polar surface area (TPSA) is 58.1 Å². The van der Waals surface area contributed by atoms with Crippen molar-refractivity contribution >= 4 is 39.7 Å². The Morgan fingerprint density at radius 1 is 1.36 bits per heavy atom. The highest BCUT2D eigenvalue weighted by Gasteiger charge is 2.18. The summed E-state index contributed by atoms with van der Waals surface area (Å²) in [6, 6.07) is 1.90. The summed E-state index contributed by atoms with van der Waals surface area (Å²) in [5.41, 5.74) is -0.167. The molecule has 0 unspecified atom stereocenters. The van der Waals surface area contributed by atoms with Gasteiger partial charge in [0.05, 0.1) is 5.39 Å². The van der Waals surface area contributed by atoms with E-state index in [4.69, 9.17) is 12.2 Å². The zero-order valence-corrected chi connectivity index (χ0v) is 14.2. The van der Waals surface area contributed by atoms with Crippen LogP contribution in [0.2, 0.25) is 0 Å². The number of nitrogens with zero attached hydrogens (tertiary/aromatic N) is 2. The van der Waals surface area contributed by atoms with E-state index < -0.39 is 0 Å². The van der Waals surface area contributed by atoms with Crippen molar-refractivity contribution in [3.63, 3.8) is 0 Å². The van der Waals surface area contributed by atoms with Gasteiger partial charge < -0.3 is 9.88 Å². The molecular weight excluding hydrogens is 318 g/mol. The summed E-state index contributed by atoms with van der Waals surface area (Å²) >= 11 is 6.83. The van der Waals surface area contributed by atoms with Crippen molar-refractivity contribution in [3.05, 3.63) is 26.1 Å². The number of carbonyl (C=O) groups is 1. The maximum absolute atomic E-state index is 12.6. The Morgan fingerprint density at radius 3 is 2.77 bits per heavy atom. The van der Waals surface area contributed by atoms with Crippen LogP contribution in [0.5, 0.6) is 0 Å². The average Bonchev–Trinajstić information content (AvgIpc) is 2.95. The highest BCUT2D eigenvalue weighted by molar-refractivity contribution is 7.71. The molecule has 1 N–H and O–H groups in total. The molecule has 22 heavy (non-hydrogen) atoms. The number of rotatable bonds is 3. The van der Waals surface area contributed by atoms with Crippen LogP contribution >= 0.6 is 23.6 Å². The van der Waals surface area contributed by atoms with Crippen molar-refractivity contribution in [1.29, 1.82) is 0 Å². The van der Waals surface area contributed by atoms with Gasteiger partial charge in [0.25, 0.3) is 5.56 Å². The monoisotopic (exact) mass is 337 g/mol. The Labute approximate surface area is 137 Å². The van der Waals surface area contributed by atoms with Crippen LogP contribution in [0.3, 0.4) is 0 Å². The Balaban J connectivity index is 1.94. The quantitative estimate of drug-likeness (QED) is 0.876. The largest absolute Gasteiger partial charge is 0.341 e. The SMILES string of the molecule is CCc1cc2c(=O)n(CC(=O)N3CCCCC3)c(=S)[nH]c2s1. The van der Waals surface area contributed by atoms with E-state index in [0.29, 0.717) is 10.2 Å². The van der Waals surface area contributed by atoms with Crippen molar-refractivity contribution < 1.29 is 4.79 Å². The summed E-state index contributed by atoms with van der Waals surface area (Å²) in [4.78, 5) is 31.8. The first kappa shape index (κ1) is 15.4. The Kier molecular flexibility index (Phi) is 4.44. The number of thiophene rings is 1. The van der Waals surface area contributed by atoms with Crippen LogP contribution < -0.4 is 5.56 Å². The molecule has 1 aliphatic rings. The lowest BCUT2D eigenvalue weighted by atomic mass is 10.1. The first-order chi connectivity index (χ1) is 10.6. The van der Waals surface area contributed by atoms with E-state index in [1.807, 2.05) is 11.0 Å². The molecule has 0 aromatic carbocycles. The third-order valence-electron chi connectivity index (χ3n) is 4.07. The van der Waals surface area contributed by atoms with Crippen LogP contribution in [-0.4, -0.2) is 33.4 Å². The zero-order chi connectivity index (χ0) is 15.7. The fourth-order valence-electron chi connectivity index (χ4n) is 2.79. The molecule has 0 aliphatic carbocycles. The summed E-state index contributed by atoms with van der Waals surface area (Å²) in [6.45, 7) is 3.65. The Hall–Kier alpha value is -1.47. The van der Waals surface area contributed by atoms with Crippen LogP contribution in [0.25, 0.3) is 10.2 Å². The number of piperidine rings is 1. The lowest BCUT2D eigenvalue weighted by Crippen LogP contribution is -2.39. The maximum Gasteiger partial charge on any atom is 0.263 e. The molecular formula is C15H19N3O2S2. The summed E-state index contributed by atoms with van der Waals surface area (Å²) in [5.74, 6) is -0.0217. The number of aryl methyl sites for hydroxylation is 1. The van der Waals surface area contributed by atoms with Gasteiger partial charge in [-0.2, -0.15) is 0 Å². The molecule has 1 aliphatic heterocycles. The summed E-state index contributed by atoms with van der Waals surface area (Å²) < 4.78 is 1.72. The molecule has 0 radical (unpaired) electrons. The lowest BCUT2D eigenvalue weighted by molar-refractivity contribution is -0.132. The molecule has 2 aromatic rings. The van der Waals surface area contributed by atoms with Crippen LogP contribution in [0.1, 0.15) is 31.1 Å². The third kappa shape index (κ3) is 2.87. The predicted octanol–water partition coefficient (Wildman–Crippen LogP) is 2.70. The van der Waals surface area contributed by atoms with Gasteiger partial charge in [0.1, 0.15) is 11.4 Å². The molecule has 0 bridgehead atoms. The highest BCUT2D eigenvalue weighted by atomic mass is 32.1. The summed E-state index contributed by atoms with van der Waals surface area (Å²) in [7, 11) is 0. The number of aromatic amines is 1. The number of H-pyrrole nitrogens is 1.